The molecule has 0 radical (unpaired) electrons. The molecule has 1 heterocycles. The first kappa shape index (κ1) is 17.1. The molecule has 25 heavy (non-hydrogen) atoms. The van der Waals surface area contributed by atoms with Gasteiger partial charge in [-0.05, 0) is 29.7 Å². The number of thiazole rings is 1. The zero-order valence-electron chi connectivity index (χ0n) is 13.0. The van der Waals surface area contributed by atoms with Gasteiger partial charge in [0.2, 0.25) is 0 Å². The average molecular weight is 371 g/mol. The van der Waals surface area contributed by atoms with Gasteiger partial charge in [0.1, 0.15) is 0 Å². The number of aromatic nitrogens is 1. The monoisotopic (exact) mass is 370 g/mol. The van der Waals surface area contributed by atoms with Crippen LogP contribution in [-0.4, -0.2) is 15.2 Å². The Balaban J connectivity index is 0.00000182. The first-order valence-electron chi connectivity index (χ1n) is 7.43. The number of nitrogens with zero attached hydrogens (tertiary/aromatic N) is 1. The van der Waals surface area contributed by atoms with E-state index < -0.39 is 0 Å². The van der Waals surface area contributed by atoms with Crippen LogP contribution >= 0.6 is 23.7 Å². The van der Waals surface area contributed by atoms with E-state index in [1.807, 2.05) is 29.6 Å². The molecule has 0 saturated heterocycles. The van der Waals surface area contributed by atoms with Gasteiger partial charge in [-0.15, -0.1) is 23.7 Å². The molecule has 126 valence electrons. The molecule has 0 atom stereocenters. The highest BCUT2D eigenvalue weighted by atomic mass is 35.5. The van der Waals surface area contributed by atoms with E-state index >= 15 is 0 Å². The molecule has 0 unspecified atom stereocenters. The number of fused-ring (bicyclic) bond motifs is 1. The van der Waals surface area contributed by atoms with Crippen molar-refractivity contribution in [3.8, 4) is 22.8 Å². The van der Waals surface area contributed by atoms with E-state index in [0.717, 1.165) is 27.5 Å². The van der Waals surface area contributed by atoms with Gasteiger partial charge in [0.25, 0.3) is 0 Å². The fourth-order valence-electron chi connectivity index (χ4n) is 2.60. The summed E-state index contributed by atoms with van der Waals surface area (Å²) < 4.78 is 0. The third-order valence-corrected chi connectivity index (χ3v) is 4.56. The Labute approximate surface area is 154 Å². The van der Waals surface area contributed by atoms with E-state index in [2.05, 4.69) is 28.5 Å². The summed E-state index contributed by atoms with van der Waals surface area (Å²) in [6.45, 7) is 0. The number of halogens is 1. The number of phenolic OH excluding ortho intramolecular Hbond substituents is 2. The number of aromatic hydroxyl groups is 2. The quantitative estimate of drug-likeness (QED) is 0.414. The largest absolute Gasteiger partial charge is 0.504 e. The number of anilines is 2. The Kier molecular flexibility index (Phi) is 4.79. The minimum absolute atomic E-state index is 0. The first-order valence-corrected chi connectivity index (χ1v) is 8.31. The van der Waals surface area contributed by atoms with Crippen LogP contribution < -0.4 is 5.32 Å². The summed E-state index contributed by atoms with van der Waals surface area (Å²) >= 11 is 1.49. The molecule has 0 bridgehead atoms. The first-order chi connectivity index (χ1) is 11.7. The van der Waals surface area contributed by atoms with Crippen molar-refractivity contribution in [2.45, 2.75) is 0 Å². The second-order valence-electron chi connectivity index (χ2n) is 5.39. The lowest BCUT2D eigenvalue weighted by molar-refractivity contribution is 0.404. The topological polar surface area (TPSA) is 65.4 Å². The molecule has 0 spiro atoms. The maximum absolute atomic E-state index is 9.63. The Morgan fingerprint density at radius 3 is 2.52 bits per heavy atom. The molecule has 0 fully saturated rings. The highest BCUT2D eigenvalue weighted by Crippen LogP contribution is 2.33. The molecular weight excluding hydrogens is 356 g/mol. The van der Waals surface area contributed by atoms with E-state index in [1.54, 1.807) is 6.07 Å². The molecule has 0 aliphatic carbocycles. The molecular formula is C19H15ClN2O2S. The third kappa shape index (κ3) is 3.38. The number of hydrogen-bond acceptors (Lipinski definition) is 5. The fourth-order valence-corrected chi connectivity index (χ4v) is 3.33. The van der Waals surface area contributed by atoms with Crippen molar-refractivity contribution in [2.24, 2.45) is 0 Å². The van der Waals surface area contributed by atoms with Crippen molar-refractivity contribution in [1.29, 1.82) is 0 Å². The molecule has 1 aromatic heterocycles. The van der Waals surface area contributed by atoms with Gasteiger partial charge in [-0.3, -0.25) is 0 Å². The van der Waals surface area contributed by atoms with Gasteiger partial charge >= 0.3 is 0 Å². The van der Waals surface area contributed by atoms with E-state index in [-0.39, 0.29) is 23.9 Å². The van der Waals surface area contributed by atoms with Crippen LogP contribution in [-0.2, 0) is 0 Å². The van der Waals surface area contributed by atoms with Crippen molar-refractivity contribution < 1.29 is 10.2 Å². The number of nitrogens with one attached hydrogen (secondary N) is 1. The summed E-state index contributed by atoms with van der Waals surface area (Å²) in [5, 5.41) is 27.4. The number of rotatable bonds is 3. The van der Waals surface area contributed by atoms with E-state index in [1.165, 1.54) is 28.9 Å². The maximum atomic E-state index is 9.63. The molecule has 0 amide bonds. The molecule has 3 aromatic carbocycles. The standard InChI is InChI=1S/C19H14N2O2S.ClH/c22-17-9-8-13(10-18(17)23)16-11-24-19(21-16)20-15-7-3-5-12-4-1-2-6-14(12)15;/h1-11,22-23H,(H,20,21);1H. The minimum Gasteiger partial charge on any atom is -0.504 e. The Hall–Kier alpha value is -2.76. The van der Waals surface area contributed by atoms with Gasteiger partial charge in [-0.1, -0.05) is 36.4 Å². The van der Waals surface area contributed by atoms with Crippen LogP contribution in [0.15, 0.2) is 66.0 Å². The summed E-state index contributed by atoms with van der Waals surface area (Å²) in [5.41, 5.74) is 2.51. The Morgan fingerprint density at radius 1 is 0.880 bits per heavy atom. The van der Waals surface area contributed by atoms with E-state index in [4.69, 9.17) is 0 Å². The molecule has 6 heteroatoms. The Morgan fingerprint density at radius 2 is 1.68 bits per heavy atom. The lowest BCUT2D eigenvalue weighted by atomic mass is 10.1. The van der Waals surface area contributed by atoms with Gasteiger partial charge in [-0.25, -0.2) is 4.98 Å². The number of benzene rings is 3. The van der Waals surface area contributed by atoms with Crippen LogP contribution in [0, 0.1) is 0 Å². The SMILES string of the molecule is Cl.Oc1ccc(-c2csc(Nc3cccc4ccccc34)n2)cc1O. The summed E-state index contributed by atoms with van der Waals surface area (Å²) in [5.74, 6) is -0.285. The molecule has 0 saturated carbocycles. The van der Waals surface area contributed by atoms with Gasteiger partial charge in [0.05, 0.1) is 5.69 Å². The lowest BCUT2D eigenvalue weighted by Gasteiger charge is -2.07. The zero-order valence-corrected chi connectivity index (χ0v) is 14.6. The van der Waals surface area contributed by atoms with Crippen LogP contribution in [0.3, 0.4) is 0 Å². The van der Waals surface area contributed by atoms with E-state index in [0.29, 0.717) is 0 Å². The molecule has 0 aliphatic heterocycles. The van der Waals surface area contributed by atoms with Crippen LogP contribution in [0.5, 0.6) is 11.5 Å². The van der Waals surface area contributed by atoms with E-state index in [9.17, 15) is 10.2 Å². The fraction of sp³-hybridized carbons (Fsp3) is 0. The summed E-state index contributed by atoms with van der Waals surface area (Å²) in [6.07, 6.45) is 0. The Bertz CT molecular complexity index is 1030. The van der Waals surface area contributed by atoms with Crippen LogP contribution in [0.4, 0.5) is 10.8 Å². The van der Waals surface area contributed by atoms with Crippen molar-refractivity contribution in [1.82, 2.24) is 4.98 Å². The molecule has 0 aliphatic rings. The summed E-state index contributed by atoms with van der Waals surface area (Å²) in [6, 6.07) is 19.0. The highest BCUT2D eigenvalue weighted by Gasteiger charge is 2.08. The van der Waals surface area contributed by atoms with Crippen molar-refractivity contribution in [3.63, 3.8) is 0 Å². The summed E-state index contributed by atoms with van der Waals surface area (Å²) in [4.78, 5) is 4.57. The second kappa shape index (κ2) is 7.01. The molecule has 4 nitrogen and oxygen atoms in total. The van der Waals surface area contributed by atoms with Gasteiger partial charge in [0, 0.05) is 22.0 Å². The molecule has 4 aromatic rings. The average Bonchev–Trinajstić information content (AvgIpc) is 3.06. The van der Waals surface area contributed by atoms with Crippen molar-refractivity contribution in [2.75, 3.05) is 5.32 Å². The van der Waals surface area contributed by atoms with Gasteiger partial charge < -0.3 is 15.5 Å². The predicted molar refractivity (Wildman–Crippen MR) is 105 cm³/mol. The van der Waals surface area contributed by atoms with Crippen LogP contribution in [0.25, 0.3) is 22.0 Å². The molecule has 3 N–H and O–H groups in total. The van der Waals surface area contributed by atoms with Gasteiger partial charge in [0.15, 0.2) is 16.6 Å². The highest BCUT2D eigenvalue weighted by molar-refractivity contribution is 7.14. The van der Waals surface area contributed by atoms with Crippen LogP contribution in [0.1, 0.15) is 0 Å². The second-order valence-corrected chi connectivity index (χ2v) is 6.25. The smallest absolute Gasteiger partial charge is 0.187 e. The minimum atomic E-state index is -0.149. The van der Waals surface area contributed by atoms with Crippen molar-refractivity contribution >= 4 is 45.3 Å². The van der Waals surface area contributed by atoms with Gasteiger partial charge in [-0.2, -0.15) is 0 Å². The number of phenols is 2. The van der Waals surface area contributed by atoms with Crippen molar-refractivity contribution in [3.05, 3.63) is 66.0 Å². The number of hydrogen-bond donors (Lipinski definition) is 3. The third-order valence-electron chi connectivity index (χ3n) is 3.81. The maximum Gasteiger partial charge on any atom is 0.187 e. The molecule has 4 rings (SSSR count). The van der Waals surface area contributed by atoms with Crippen LogP contribution in [0.2, 0.25) is 0 Å². The summed E-state index contributed by atoms with van der Waals surface area (Å²) in [7, 11) is 0. The predicted octanol–water partition coefficient (Wildman–Crippen LogP) is 5.54. The normalized spacial score (nSPS) is 10.4. The lowest BCUT2D eigenvalue weighted by Crippen LogP contribution is -1.90. The zero-order chi connectivity index (χ0) is 16.5.